The summed E-state index contributed by atoms with van der Waals surface area (Å²) in [6, 6.07) is 7.79. The number of nitrogens with one attached hydrogen (secondary N) is 1. The minimum atomic E-state index is 0.0475. The average molecular weight is 257 g/mol. The number of benzene rings is 1. The van der Waals surface area contributed by atoms with Crippen LogP contribution in [0.15, 0.2) is 36.7 Å². The summed E-state index contributed by atoms with van der Waals surface area (Å²) >= 11 is 0. The highest BCUT2D eigenvalue weighted by molar-refractivity contribution is 5.95. The number of aromatic nitrogens is 2. The number of carbonyl (C=O) groups is 1. The van der Waals surface area contributed by atoms with Gasteiger partial charge in [-0.1, -0.05) is 32.0 Å². The van der Waals surface area contributed by atoms with Gasteiger partial charge in [-0.15, -0.1) is 0 Å². The van der Waals surface area contributed by atoms with E-state index in [9.17, 15) is 4.79 Å². The maximum atomic E-state index is 11.9. The van der Waals surface area contributed by atoms with Crippen molar-refractivity contribution in [1.82, 2.24) is 9.78 Å². The van der Waals surface area contributed by atoms with Gasteiger partial charge in [0.2, 0.25) is 5.91 Å². The summed E-state index contributed by atoms with van der Waals surface area (Å²) in [6.07, 6.45) is 4.27. The maximum Gasteiger partial charge on any atom is 0.224 e. The first-order valence-corrected chi connectivity index (χ1v) is 6.44. The highest BCUT2D eigenvalue weighted by Gasteiger charge is 2.10. The Hall–Kier alpha value is -2.10. The van der Waals surface area contributed by atoms with E-state index in [1.807, 2.05) is 51.4 Å². The molecule has 0 fully saturated rings. The van der Waals surface area contributed by atoms with Crippen molar-refractivity contribution in [2.24, 2.45) is 13.0 Å². The third kappa shape index (κ3) is 3.44. The van der Waals surface area contributed by atoms with Gasteiger partial charge >= 0.3 is 0 Å². The summed E-state index contributed by atoms with van der Waals surface area (Å²) in [5, 5.41) is 7.14. The van der Waals surface area contributed by atoms with Gasteiger partial charge in [-0.3, -0.25) is 9.48 Å². The zero-order chi connectivity index (χ0) is 13.8. The summed E-state index contributed by atoms with van der Waals surface area (Å²) < 4.78 is 1.75. The van der Waals surface area contributed by atoms with Crippen LogP contribution in [0.1, 0.15) is 20.3 Å². The fourth-order valence-electron chi connectivity index (χ4n) is 1.98. The second kappa shape index (κ2) is 5.69. The second-order valence-electron chi connectivity index (χ2n) is 5.09. The smallest absolute Gasteiger partial charge is 0.224 e. The molecule has 2 rings (SSSR count). The number of hydrogen-bond donors (Lipinski definition) is 1. The van der Waals surface area contributed by atoms with Crippen LogP contribution in [-0.2, 0) is 11.8 Å². The molecule has 0 saturated carbocycles. The summed E-state index contributed by atoms with van der Waals surface area (Å²) in [6.45, 7) is 4.07. The van der Waals surface area contributed by atoms with Gasteiger partial charge in [0.05, 0.1) is 6.20 Å². The van der Waals surface area contributed by atoms with E-state index in [-0.39, 0.29) is 5.91 Å². The molecule has 4 heteroatoms. The molecule has 0 unspecified atom stereocenters. The molecule has 0 aliphatic heterocycles. The number of rotatable bonds is 4. The average Bonchev–Trinajstić information content (AvgIpc) is 2.75. The van der Waals surface area contributed by atoms with E-state index >= 15 is 0 Å². The minimum absolute atomic E-state index is 0.0475. The van der Waals surface area contributed by atoms with Crippen molar-refractivity contribution in [3.63, 3.8) is 0 Å². The number of carbonyl (C=O) groups excluding carboxylic acids is 1. The van der Waals surface area contributed by atoms with Crippen molar-refractivity contribution in [2.75, 3.05) is 5.32 Å². The summed E-state index contributed by atoms with van der Waals surface area (Å²) in [5.74, 6) is 0.400. The van der Waals surface area contributed by atoms with Crippen LogP contribution in [0.4, 0.5) is 5.69 Å². The van der Waals surface area contributed by atoms with Crippen molar-refractivity contribution in [2.45, 2.75) is 20.3 Å². The molecule has 19 heavy (non-hydrogen) atoms. The Morgan fingerprint density at radius 2 is 2.11 bits per heavy atom. The lowest BCUT2D eigenvalue weighted by Crippen LogP contribution is -2.14. The largest absolute Gasteiger partial charge is 0.326 e. The third-order valence-electron chi connectivity index (χ3n) is 2.81. The SMILES string of the molecule is CC(C)CC(=O)Nc1ccccc1-c1cnn(C)c1. The Kier molecular flexibility index (Phi) is 4.00. The molecule has 1 amide bonds. The summed E-state index contributed by atoms with van der Waals surface area (Å²) in [7, 11) is 1.88. The van der Waals surface area contributed by atoms with Gasteiger partial charge in [0.15, 0.2) is 0 Å². The molecule has 0 saturated heterocycles. The Labute approximate surface area is 113 Å². The molecule has 2 aromatic rings. The Morgan fingerprint density at radius 3 is 2.74 bits per heavy atom. The van der Waals surface area contributed by atoms with Crippen LogP contribution in [0.2, 0.25) is 0 Å². The van der Waals surface area contributed by atoms with Gasteiger partial charge in [0, 0.05) is 36.5 Å². The van der Waals surface area contributed by atoms with Crippen LogP contribution in [0, 0.1) is 5.92 Å². The normalized spacial score (nSPS) is 10.7. The van der Waals surface area contributed by atoms with E-state index in [0.29, 0.717) is 12.3 Å². The molecule has 0 aliphatic carbocycles. The molecule has 100 valence electrons. The molecule has 1 heterocycles. The number of aryl methyl sites for hydroxylation is 1. The number of amides is 1. The number of para-hydroxylation sites is 1. The fraction of sp³-hybridized carbons (Fsp3) is 0.333. The summed E-state index contributed by atoms with van der Waals surface area (Å²) in [4.78, 5) is 11.9. The monoisotopic (exact) mass is 257 g/mol. The Balaban J connectivity index is 2.24. The van der Waals surface area contributed by atoms with Gasteiger partial charge in [-0.2, -0.15) is 5.10 Å². The van der Waals surface area contributed by atoms with E-state index in [1.165, 1.54) is 0 Å². The highest BCUT2D eigenvalue weighted by Crippen LogP contribution is 2.27. The van der Waals surface area contributed by atoms with Crippen LogP contribution in [0.25, 0.3) is 11.1 Å². The standard InChI is InChI=1S/C15H19N3O/c1-11(2)8-15(19)17-14-7-5-4-6-13(14)12-9-16-18(3)10-12/h4-7,9-11H,8H2,1-3H3,(H,17,19). The summed E-state index contributed by atoms with van der Waals surface area (Å²) in [5.41, 5.74) is 2.83. The minimum Gasteiger partial charge on any atom is -0.326 e. The molecule has 1 N–H and O–H groups in total. The zero-order valence-corrected chi connectivity index (χ0v) is 11.6. The molecule has 0 radical (unpaired) electrons. The number of hydrogen-bond acceptors (Lipinski definition) is 2. The first-order chi connectivity index (χ1) is 9.06. The van der Waals surface area contributed by atoms with Crippen molar-refractivity contribution in [3.05, 3.63) is 36.7 Å². The van der Waals surface area contributed by atoms with E-state index in [0.717, 1.165) is 16.8 Å². The number of nitrogens with zero attached hydrogens (tertiary/aromatic N) is 2. The lowest BCUT2D eigenvalue weighted by molar-refractivity contribution is -0.116. The second-order valence-corrected chi connectivity index (χ2v) is 5.09. The Bertz CT molecular complexity index is 572. The first-order valence-electron chi connectivity index (χ1n) is 6.44. The van der Waals surface area contributed by atoms with Crippen molar-refractivity contribution in [3.8, 4) is 11.1 Å². The van der Waals surface area contributed by atoms with E-state index in [1.54, 1.807) is 10.9 Å². The molecule has 0 aliphatic rings. The van der Waals surface area contributed by atoms with Gasteiger partial charge in [0.25, 0.3) is 0 Å². The van der Waals surface area contributed by atoms with E-state index in [2.05, 4.69) is 10.4 Å². The third-order valence-corrected chi connectivity index (χ3v) is 2.81. The van der Waals surface area contributed by atoms with Crippen LogP contribution >= 0.6 is 0 Å². The number of anilines is 1. The van der Waals surface area contributed by atoms with Crippen LogP contribution < -0.4 is 5.32 Å². The zero-order valence-electron chi connectivity index (χ0n) is 11.6. The molecule has 0 bridgehead atoms. The maximum absolute atomic E-state index is 11.9. The molecule has 1 aromatic carbocycles. The molecular weight excluding hydrogens is 238 g/mol. The van der Waals surface area contributed by atoms with Crippen LogP contribution in [0.5, 0.6) is 0 Å². The molecule has 0 spiro atoms. The fourth-order valence-corrected chi connectivity index (χ4v) is 1.98. The molecule has 4 nitrogen and oxygen atoms in total. The van der Waals surface area contributed by atoms with E-state index < -0.39 is 0 Å². The van der Waals surface area contributed by atoms with Gasteiger partial charge in [0.1, 0.15) is 0 Å². The van der Waals surface area contributed by atoms with Crippen molar-refractivity contribution < 1.29 is 4.79 Å². The molecule has 0 atom stereocenters. The van der Waals surface area contributed by atoms with Crippen LogP contribution in [0.3, 0.4) is 0 Å². The lowest BCUT2D eigenvalue weighted by atomic mass is 10.1. The van der Waals surface area contributed by atoms with E-state index in [4.69, 9.17) is 0 Å². The predicted octanol–water partition coefficient (Wildman–Crippen LogP) is 3.07. The van der Waals surface area contributed by atoms with Crippen molar-refractivity contribution >= 4 is 11.6 Å². The molecular formula is C15H19N3O. The molecule has 1 aromatic heterocycles. The van der Waals surface area contributed by atoms with Gasteiger partial charge in [-0.25, -0.2) is 0 Å². The lowest BCUT2D eigenvalue weighted by Gasteiger charge is -2.11. The van der Waals surface area contributed by atoms with Crippen LogP contribution in [-0.4, -0.2) is 15.7 Å². The predicted molar refractivity (Wildman–Crippen MR) is 76.7 cm³/mol. The van der Waals surface area contributed by atoms with Gasteiger partial charge < -0.3 is 5.32 Å². The highest BCUT2D eigenvalue weighted by atomic mass is 16.1. The van der Waals surface area contributed by atoms with Gasteiger partial charge in [-0.05, 0) is 12.0 Å². The quantitative estimate of drug-likeness (QED) is 0.915. The Morgan fingerprint density at radius 1 is 1.37 bits per heavy atom. The topological polar surface area (TPSA) is 46.9 Å². The first kappa shape index (κ1) is 13.3. The van der Waals surface area contributed by atoms with Crippen molar-refractivity contribution in [1.29, 1.82) is 0 Å².